The van der Waals surface area contributed by atoms with E-state index in [0.29, 0.717) is 5.69 Å². The second-order valence-corrected chi connectivity index (χ2v) is 5.97. The molecule has 104 valence electrons. The second-order valence-electron chi connectivity index (χ2n) is 5.12. The molecule has 1 heterocycles. The van der Waals surface area contributed by atoms with E-state index in [1.165, 1.54) is 11.1 Å². The van der Waals surface area contributed by atoms with Gasteiger partial charge in [-0.25, -0.2) is 0 Å². The van der Waals surface area contributed by atoms with Gasteiger partial charge in [-0.1, -0.05) is 24.3 Å². The Morgan fingerprint density at radius 3 is 3.00 bits per heavy atom. The monoisotopic (exact) mass is 333 g/mol. The van der Waals surface area contributed by atoms with Gasteiger partial charge >= 0.3 is 0 Å². The molecule has 0 saturated heterocycles. The van der Waals surface area contributed by atoms with Crippen molar-refractivity contribution in [3.63, 3.8) is 0 Å². The van der Waals surface area contributed by atoms with Crippen LogP contribution >= 0.6 is 15.9 Å². The number of halogens is 1. The first-order chi connectivity index (χ1) is 9.65. The zero-order valence-corrected chi connectivity index (χ0v) is 12.9. The molecule has 20 heavy (non-hydrogen) atoms. The number of aryl methyl sites for hydroxylation is 2. The Balaban J connectivity index is 1.82. The maximum Gasteiger partial charge on any atom is 0.273 e. The summed E-state index contributed by atoms with van der Waals surface area (Å²) in [5, 5.41) is 7.29. The summed E-state index contributed by atoms with van der Waals surface area (Å²) in [4.78, 5) is 12.3. The van der Waals surface area contributed by atoms with Crippen molar-refractivity contribution in [2.45, 2.75) is 25.3 Å². The van der Waals surface area contributed by atoms with E-state index in [1.54, 1.807) is 17.9 Å². The topological polar surface area (TPSA) is 46.9 Å². The van der Waals surface area contributed by atoms with Crippen LogP contribution in [0.2, 0.25) is 0 Å². The van der Waals surface area contributed by atoms with Crippen LogP contribution in [-0.4, -0.2) is 15.7 Å². The van der Waals surface area contributed by atoms with Gasteiger partial charge in [0, 0.05) is 13.2 Å². The fourth-order valence-electron chi connectivity index (χ4n) is 2.74. The van der Waals surface area contributed by atoms with Crippen LogP contribution in [0.1, 0.15) is 40.5 Å². The number of aromatic nitrogens is 2. The van der Waals surface area contributed by atoms with Gasteiger partial charge in [0.2, 0.25) is 0 Å². The SMILES string of the molecule is Cn1cc(Br)c(C(=O)N[C@H]2CCCc3ccccc32)n1. The molecule has 5 heteroatoms. The van der Waals surface area contributed by atoms with E-state index in [1.807, 2.05) is 6.07 Å². The predicted molar refractivity (Wildman–Crippen MR) is 80.5 cm³/mol. The van der Waals surface area contributed by atoms with Crippen molar-refractivity contribution in [1.82, 2.24) is 15.1 Å². The standard InChI is InChI=1S/C15H16BrN3O/c1-19-9-12(16)14(18-19)15(20)17-13-8-4-6-10-5-2-3-7-11(10)13/h2-3,5,7,9,13H,4,6,8H2,1H3,(H,17,20)/t13-/m0/s1. The molecule has 1 amide bonds. The van der Waals surface area contributed by atoms with Crippen LogP contribution in [0, 0.1) is 0 Å². The van der Waals surface area contributed by atoms with Gasteiger partial charge in [0.15, 0.2) is 5.69 Å². The molecule has 0 radical (unpaired) electrons. The van der Waals surface area contributed by atoms with Crippen molar-refractivity contribution in [2.75, 3.05) is 0 Å². The smallest absolute Gasteiger partial charge is 0.273 e. The average molecular weight is 334 g/mol. The molecule has 2 aromatic rings. The summed E-state index contributed by atoms with van der Waals surface area (Å²) >= 11 is 3.37. The van der Waals surface area contributed by atoms with Gasteiger partial charge in [-0.05, 0) is 46.3 Å². The minimum atomic E-state index is -0.126. The maximum absolute atomic E-state index is 12.3. The fraction of sp³-hybridized carbons (Fsp3) is 0.333. The number of benzene rings is 1. The number of nitrogens with one attached hydrogen (secondary N) is 1. The van der Waals surface area contributed by atoms with Crippen molar-refractivity contribution in [1.29, 1.82) is 0 Å². The van der Waals surface area contributed by atoms with Gasteiger partial charge in [-0.2, -0.15) is 5.10 Å². The van der Waals surface area contributed by atoms with Gasteiger partial charge < -0.3 is 5.32 Å². The lowest BCUT2D eigenvalue weighted by Crippen LogP contribution is -2.31. The molecule has 1 aromatic carbocycles. The van der Waals surface area contributed by atoms with E-state index in [9.17, 15) is 4.79 Å². The summed E-state index contributed by atoms with van der Waals surface area (Å²) < 4.78 is 2.36. The highest BCUT2D eigenvalue weighted by Gasteiger charge is 2.23. The van der Waals surface area contributed by atoms with Gasteiger partial charge in [0.05, 0.1) is 10.5 Å². The van der Waals surface area contributed by atoms with E-state index in [2.05, 4.69) is 44.5 Å². The highest BCUT2D eigenvalue weighted by Crippen LogP contribution is 2.29. The van der Waals surface area contributed by atoms with Crippen LogP contribution in [0.4, 0.5) is 0 Å². The van der Waals surface area contributed by atoms with Gasteiger partial charge in [-0.15, -0.1) is 0 Å². The van der Waals surface area contributed by atoms with Gasteiger partial charge in [-0.3, -0.25) is 9.48 Å². The van der Waals surface area contributed by atoms with E-state index in [-0.39, 0.29) is 11.9 Å². The first-order valence-corrected chi connectivity index (χ1v) is 7.52. The zero-order chi connectivity index (χ0) is 14.1. The molecule has 1 N–H and O–H groups in total. The third-order valence-electron chi connectivity index (χ3n) is 3.67. The number of fused-ring (bicyclic) bond motifs is 1. The van der Waals surface area contributed by atoms with E-state index in [4.69, 9.17) is 0 Å². The minimum absolute atomic E-state index is 0.0846. The lowest BCUT2D eigenvalue weighted by atomic mass is 9.88. The lowest BCUT2D eigenvalue weighted by molar-refractivity contribution is 0.0926. The van der Waals surface area contributed by atoms with E-state index < -0.39 is 0 Å². The molecule has 1 aliphatic rings. The highest BCUT2D eigenvalue weighted by molar-refractivity contribution is 9.10. The predicted octanol–water partition coefficient (Wildman–Crippen LogP) is 2.99. The molecule has 0 spiro atoms. The molecular weight excluding hydrogens is 318 g/mol. The number of nitrogens with zero attached hydrogens (tertiary/aromatic N) is 2. The molecule has 1 aromatic heterocycles. The number of hydrogen-bond acceptors (Lipinski definition) is 2. The molecule has 0 bridgehead atoms. The molecule has 0 aliphatic heterocycles. The summed E-state index contributed by atoms with van der Waals surface area (Å²) in [6.07, 6.45) is 4.96. The Hall–Kier alpha value is -1.62. The Morgan fingerprint density at radius 2 is 2.25 bits per heavy atom. The number of carbonyl (C=O) groups is 1. The molecule has 1 aliphatic carbocycles. The zero-order valence-electron chi connectivity index (χ0n) is 11.3. The number of rotatable bonds is 2. The van der Waals surface area contributed by atoms with Crippen LogP contribution in [0.25, 0.3) is 0 Å². The summed E-state index contributed by atoms with van der Waals surface area (Å²) in [6.45, 7) is 0. The normalized spacial score (nSPS) is 17.6. The highest BCUT2D eigenvalue weighted by atomic mass is 79.9. The number of amides is 1. The van der Waals surface area contributed by atoms with Crippen molar-refractivity contribution in [3.05, 3.63) is 51.8 Å². The second kappa shape index (κ2) is 5.40. The third-order valence-corrected chi connectivity index (χ3v) is 4.25. The number of hydrogen-bond donors (Lipinski definition) is 1. The van der Waals surface area contributed by atoms with Gasteiger partial charge in [0.1, 0.15) is 0 Å². The molecular formula is C15H16BrN3O. The molecule has 1 atom stereocenters. The summed E-state index contributed by atoms with van der Waals surface area (Å²) in [5.41, 5.74) is 3.01. The van der Waals surface area contributed by atoms with Crippen molar-refractivity contribution in [2.24, 2.45) is 7.05 Å². The quantitative estimate of drug-likeness (QED) is 0.918. The summed E-state index contributed by atoms with van der Waals surface area (Å²) in [6, 6.07) is 8.41. The van der Waals surface area contributed by atoms with Crippen molar-refractivity contribution < 1.29 is 4.79 Å². The van der Waals surface area contributed by atoms with Crippen molar-refractivity contribution in [3.8, 4) is 0 Å². The molecule has 0 unspecified atom stereocenters. The largest absolute Gasteiger partial charge is 0.344 e. The lowest BCUT2D eigenvalue weighted by Gasteiger charge is -2.26. The molecule has 0 saturated carbocycles. The summed E-state index contributed by atoms with van der Waals surface area (Å²) in [7, 11) is 1.80. The third kappa shape index (κ3) is 2.50. The Labute approximate surface area is 126 Å². The van der Waals surface area contributed by atoms with Crippen LogP contribution in [0.5, 0.6) is 0 Å². The van der Waals surface area contributed by atoms with E-state index >= 15 is 0 Å². The Bertz CT molecular complexity index is 650. The van der Waals surface area contributed by atoms with Gasteiger partial charge in [0.25, 0.3) is 5.91 Å². The van der Waals surface area contributed by atoms with E-state index in [0.717, 1.165) is 23.7 Å². The minimum Gasteiger partial charge on any atom is -0.344 e. The number of carbonyl (C=O) groups excluding carboxylic acids is 1. The molecule has 4 nitrogen and oxygen atoms in total. The maximum atomic E-state index is 12.3. The van der Waals surface area contributed by atoms with Crippen LogP contribution in [0.3, 0.4) is 0 Å². The Morgan fingerprint density at radius 1 is 1.45 bits per heavy atom. The molecule has 0 fully saturated rings. The first-order valence-electron chi connectivity index (χ1n) is 6.73. The Kier molecular flexibility index (Phi) is 3.61. The fourth-order valence-corrected chi connectivity index (χ4v) is 3.30. The van der Waals surface area contributed by atoms with Crippen molar-refractivity contribution >= 4 is 21.8 Å². The first kappa shape index (κ1) is 13.4. The average Bonchev–Trinajstić information content (AvgIpc) is 2.78. The van der Waals surface area contributed by atoms with Crippen LogP contribution < -0.4 is 5.32 Å². The van der Waals surface area contributed by atoms with Crippen LogP contribution in [0.15, 0.2) is 34.9 Å². The summed E-state index contributed by atoms with van der Waals surface area (Å²) in [5.74, 6) is -0.126. The molecule has 3 rings (SSSR count). The van der Waals surface area contributed by atoms with Crippen LogP contribution in [-0.2, 0) is 13.5 Å².